The van der Waals surface area contributed by atoms with Crippen molar-refractivity contribution >= 4 is 23.0 Å². The number of nitrogens with two attached hydrogens (primary N) is 1. The molecule has 0 aromatic carbocycles. The molecule has 1 amide bonds. The molecule has 4 N–H and O–H groups in total. The van der Waals surface area contributed by atoms with Crippen molar-refractivity contribution in [3.63, 3.8) is 0 Å². The number of hydrogen-bond donors (Lipinski definition) is 3. The summed E-state index contributed by atoms with van der Waals surface area (Å²) >= 11 is 0. The first kappa shape index (κ1) is 9.14. The molecule has 16 heavy (non-hydrogen) atoms. The largest absolute Gasteiger partial charge is 0.369 e. The number of nitrogen functional groups attached to an aromatic ring is 1. The van der Waals surface area contributed by atoms with Crippen molar-refractivity contribution in [3.8, 4) is 0 Å². The lowest BCUT2D eigenvalue weighted by molar-refractivity contribution is 0.0946. The molecule has 1 fully saturated rings. The first-order chi connectivity index (χ1) is 7.72. The fourth-order valence-electron chi connectivity index (χ4n) is 1.52. The molecule has 1 aliphatic carbocycles. The van der Waals surface area contributed by atoms with Gasteiger partial charge in [-0.05, 0) is 25.0 Å². The summed E-state index contributed by atoms with van der Waals surface area (Å²) in [6.45, 7) is 0. The Morgan fingerprint density at radius 2 is 2.25 bits per heavy atom. The van der Waals surface area contributed by atoms with Crippen molar-refractivity contribution in [2.24, 2.45) is 0 Å². The predicted molar refractivity (Wildman–Crippen MR) is 58.8 cm³/mol. The third-order valence-electron chi connectivity index (χ3n) is 2.51. The summed E-state index contributed by atoms with van der Waals surface area (Å²) in [6, 6.07) is 3.75. The number of carbonyl (C=O) groups is 1. The summed E-state index contributed by atoms with van der Waals surface area (Å²) in [5.41, 5.74) is 7.09. The number of pyridine rings is 1. The highest BCUT2D eigenvalue weighted by Crippen LogP contribution is 2.19. The van der Waals surface area contributed by atoms with Crippen LogP contribution in [0.15, 0.2) is 12.1 Å². The van der Waals surface area contributed by atoms with Gasteiger partial charge in [0.25, 0.3) is 5.91 Å². The second kappa shape index (κ2) is 3.19. The van der Waals surface area contributed by atoms with E-state index < -0.39 is 0 Å². The predicted octanol–water partition coefficient (Wildman–Crippen LogP) is 0.432. The summed E-state index contributed by atoms with van der Waals surface area (Å²) in [4.78, 5) is 22.7. The zero-order valence-corrected chi connectivity index (χ0v) is 8.53. The maximum Gasteiger partial charge on any atom is 0.270 e. The Kier molecular flexibility index (Phi) is 1.82. The van der Waals surface area contributed by atoms with Crippen LogP contribution in [0.5, 0.6) is 0 Å². The Hall–Kier alpha value is -2.11. The van der Waals surface area contributed by atoms with Crippen LogP contribution < -0.4 is 11.1 Å². The van der Waals surface area contributed by atoms with Crippen molar-refractivity contribution in [1.29, 1.82) is 0 Å². The quantitative estimate of drug-likeness (QED) is 0.679. The van der Waals surface area contributed by atoms with E-state index in [9.17, 15) is 4.79 Å². The monoisotopic (exact) mass is 217 g/mol. The Labute approximate surface area is 91.3 Å². The van der Waals surface area contributed by atoms with E-state index in [1.54, 1.807) is 12.1 Å². The van der Waals surface area contributed by atoms with E-state index in [0.29, 0.717) is 23.3 Å². The molecule has 0 spiro atoms. The van der Waals surface area contributed by atoms with Crippen molar-refractivity contribution in [1.82, 2.24) is 20.3 Å². The molecule has 2 aromatic rings. The summed E-state index contributed by atoms with van der Waals surface area (Å²) in [7, 11) is 0. The lowest BCUT2D eigenvalue weighted by atomic mass is 10.3. The molecule has 0 saturated heterocycles. The summed E-state index contributed by atoms with van der Waals surface area (Å²) < 4.78 is 0. The van der Waals surface area contributed by atoms with Gasteiger partial charge < -0.3 is 16.0 Å². The fraction of sp³-hybridized carbons (Fsp3) is 0.300. The minimum absolute atomic E-state index is 0.147. The second-order valence-corrected chi connectivity index (χ2v) is 3.94. The van der Waals surface area contributed by atoms with E-state index in [1.165, 1.54) is 0 Å². The molecule has 2 aromatic heterocycles. The number of H-pyrrole nitrogens is 1. The average Bonchev–Trinajstić information content (AvgIpc) is 2.96. The van der Waals surface area contributed by atoms with Crippen LogP contribution in [0, 0.1) is 0 Å². The SMILES string of the molecule is Nc1nc2nc(C(=O)NC3CC3)ccc2[nH]1. The first-order valence-corrected chi connectivity index (χ1v) is 5.15. The van der Waals surface area contributed by atoms with Gasteiger partial charge in [0.1, 0.15) is 5.69 Å². The van der Waals surface area contributed by atoms with Crippen molar-refractivity contribution in [3.05, 3.63) is 17.8 Å². The van der Waals surface area contributed by atoms with Gasteiger partial charge in [-0.1, -0.05) is 0 Å². The molecule has 0 bridgehead atoms. The molecule has 0 radical (unpaired) electrons. The highest BCUT2D eigenvalue weighted by molar-refractivity contribution is 5.94. The number of aromatic nitrogens is 3. The number of carbonyl (C=O) groups excluding carboxylic acids is 1. The molecule has 2 heterocycles. The van der Waals surface area contributed by atoms with E-state index in [1.807, 2.05) is 0 Å². The fourth-order valence-corrected chi connectivity index (χ4v) is 1.52. The minimum atomic E-state index is -0.147. The van der Waals surface area contributed by atoms with Gasteiger partial charge >= 0.3 is 0 Å². The Bertz CT molecular complexity index is 557. The van der Waals surface area contributed by atoms with Gasteiger partial charge in [-0.25, -0.2) is 4.98 Å². The summed E-state index contributed by atoms with van der Waals surface area (Å²) in [6.07, 6.45) is 2.12. The van der Waals surface area contributed by atoms with Crippen LogP contribution in [0.4, 0.5) is 5.95 Å². The first-order valence-electron chi connectivity index (χ1n) is 5.15. The number of fused-ring (bicyclic) bond motifs is 1. The van der Waals surface area contributed by atoms with Crippen LogP contribution >= 0.6 is 0 Å². The topological polar surface area (TPSA) is 96.7 Å². The van der Waals surface area contributed by atoms with E-state index in [2.05, 4.69) is 20.3 Å². The molecule has 0 atom stereocenters. The molecule has 1 aliphatic rings. The lowest BCUT2D eigenvalue weighted by Crippen LogP contribution is -2.26. The number of rotatable bonds is 2. The van der Waals surface area contributed by atoms with Crippen molar-refractivity contribution in [2.45, 2.75) is 18.9 Å². The van der Waals surface area contributed by atoms with Gasteiger partial charge in [0.15, 0.2) is 11.6 Å². The van der Waals surface area contributed by atoms with Crippen LogP contribution in [0.25, 0.3) is 11.2 Å². The number of imidazole rings is 1. The van der Waals surface area contributed by atoms with Gasteiger partial charge in [-0.3, -0.25) is 4.79 Å². The van der Waals surface area contributed by atoms with Gasteiger partial charge in [0, 0.05) is 6.04 Å². The highest BCUT2D eigenvalue weighted by atomic mass is 16.2. The Morgan fingerprint density at radius 3 is 3.00 bits per heavy atom. The van der Waals surface area contributed by atoms with Crippen LogP contribution in [0.2, 0.25) is 0 Å². The lowest BCUT2D eigenvalue weighted by Gasteiger charge is -2.01. The van der Waals surface area contributed by atoms with Crippen LogP contribution in [-0.2, 0) is 0 Å². The average molecular weight is 217 g/mol. The van der Waals surface area contributed by atoms with E-state index in [0.717, 1.165) is 18.4 Å². The minimum Gasteiger partial charge on any atom is -0.369 e. The summed E-state index contributed by atoms with van der Waals surface area (Å²) in [5, 5.41) is 2.87. The number of nitrogens with one attached hydrogen (secondary N) is 2. The third kappa shape index (κ3) is 1.58. The van der Waals surface area contributed by atoms with Gasteiger partial charge in [0.2, 0.25) is 0 Å². The molecule has 6 heteroatoms. The number of aromatic amines is 1. The van der Waals surface area contributed by atoms with Gasteiger partial charge in [-0.2, -0.15) is 4.98 Å². The second-order valence-electron chi connectivity index (χ2n) is 3.94. The van der Waals surface area contributed by atoms with E-state index >= 15 is 0 Å². The van der Waals surface area contributed by atoms with Crippen molar-refractivity contribution < 1.29 is 4.79 Å². The van der Waals surface area contributed by atoms with Crippen molar-refractivity contribution in [2.75, 3.05) is 5.73 Å². The van der Waals surface area contributed by atoms with E-state index in [4.69, 9.17) is 5.73 Å². The number of anilines is 1. The molecule has 3 rings (SSSR count). The maximum atomic E-state index is 11.7. The molecular formula is C10H11N5O. The Balaban J connectivity index is 1.93. The van der Waals surface area contributed by atoms with E-state index in [-0.39, 0.29) is 5.91 Å². The number of nitrogens with zero attached hydrogens (tertiary/aromatic N) is 2. The van der Waals surface area contributed by atoms with Crippen LogP contribution in [0.3, 0.4) is 0 Å². The third-order valence-corrected chi connectivity index (χ3v) is 2.51. The van der Waals surface area contributed by atoms with Crippen LogP contribution in [0.1, 0.15) is 23.3 Å². The molecule has 0 unspecified atom stereocenters. The maximum absolute atomic E-state index is 11.7. The zero-order chi connectivity index (χ0) is 11.1. The standard InChI is InChI=1S/C10H11N5O/c11-10-14-6-3-4-7(13-8(6)15-10)9(16)12-5-1-2-5/h3-5H,1-2H2,(H,12,16)(H3,11,13,14,15). The van der Waals surface area contributed by atoms with Gasteiger partial charge in [-0.15, -0.1) is 0 Å². The molecular weight excluding hydrogens is 206 g/mol. The number of amides is 1. The molecule has 6 nitrogen and oxygen atoms in total. The van der Waals surface area contributed by atoms with Gasteiger partial charge in [0.05, 0.1) is 5.52 Å². The summed E-state index contributed by atoms with van der Waals surface area (Å²) in [5.74, 6) is 0.160. The molecule has 82 valence electrons. The number of hydrogen-bond acceptors (Lipinski definition) is 4. The van der Waals surface area contributed by atoms with Crippen LogP contribution in [-0.4, -0.2) is 26.9 Å². The Morgan fingerprint density at radius 1 is 1.44 bits per heavy atom. The highest BCUT2D eigenvalue weighted by Gasteiger charge is 2.24. The molecule has 1 saturated carbocycles. The smallest absolute Gasteiger partial charge is 0.270 e. The zero-order valence-electron chi connectivity index (χ0n) is 8.53. The molecule has 0 aliphatic heterocycles. The normalized spacial score (nSPS) is 15.2.